The first-order valence-corrected chi connectivity index (χ1v) is 8.66. The first-order chi connectivity index (χ1) is 12.0. The molecule has 0 bridgehead atoms. The highest BCUT2D eigenvalue weighted by atomic mass is 35.5. The van der Waals surface area contributed by atoms with Crippen molar-refractivity contribution in [1.29, 1.82) is 5.26 Å². The third-order valence-electron chi connectivity index (χ3n) is 3.73. The number of rotatable bonds is 6. The van der Waals surface area contributed by atoms with Crippen molar-refractivity contribution >= 4 is 34.9 Å². The van der Waals surface area contributed by atoms with Crippen molar-refractivity contribution < 1.29 is 9.47 Å². The van der Waals surface area contributed by atoms with E-state index in [1.165, 1.54) is 0 Å². The van der Waals surface area contributed by atoms with Crippen molar-refractivity contribution in [2.45, 2.75) is 26.4 Å². The van der Waals surface area contributed by atoms with Crippen LogP contribution in [0.1, 0.15) is 31.4 Å². The van der Waals surface area contributed by atoms with Crippen molar-refractivity contribution in [3.63, 3.8) is 0 Å². The average Bonchev–Trinajstić information content (AvgIpc) is 2.62. The number of hydrogen-bond donors (Lipinski definition) is 0. The SMILES string of the molecule is CC[C@H](C)Oc1c(Cl)cc(/C=C(/C#N)c2ccc(Cl)cc2)cc1OC. The van der Waals surface area contributed by atoms with Crippen molar-refractivity contribution in [3.05, 3.63) is 57.6 Å². The van der Waals surface area contributed by atoms with Crippen molar-refractivity contribution in [3.8, 4) is 17.6 Å². The van der Waals surface area contributed by atoms with E-state index in [4.69, 9.17) is 32.7 Å². The Morgan fingerprint density at radius 2 is 1.92 bits per heavy atom. The van der Waals surface area contributed by atoms with E-state index in [2.05, 4.69) is 6.07 Å². The van der Waals surface area contributed by atoms with E-state index < -0.39 is 0 Å². The summed E-state index contributed by atoms with van der Waals surface area (Å²) >= 11 is 12.3. The Morgan fingerprint density at radius 3 is 2.48 bits per heavy atom. The monoisotopic (exact) mass is 375 g/mol. The van der Waals surface area contributed by atoms with Crippen LogP contribution < -0.4 is 9.47 Å². The standard InChI is InChI=1S/C20H19Cl2NO2/c1-4-13(2)25-20-18(22)10-14(11-19(20)24-3)9-16(12-23)15-5-7-17(21)8-6-15/h5-11,13H,4H2,1-3H3/b16-9-/t13-/m0/s1. The number of halogens is 2. The van der Waals surface area contributed by atoms with Gasteiger partial charge in [-0.25, -0.2) is 0 Å². The molecule has 2 aromatic rings. The zero-order valence-electron chi connectivity index (χ0n) is 14.3. The first-order valence-electron chi connectivity index (χ1n) is 7.90. The summed E-state index contributed by atoms with van der Waals surface area (Å²) in [5, 5.41) is 10.5. The molecule has 0 aliphatic carbocycles. The molecule has 0 saturated carbocycles. The number of nitriles is 1. The average molecular weight is 376 g/mol. The maximum absolute atomic E-state index is 9.47. The predicted molar refractivity (Wildman–Crippen MR) is 103 cm³/mol. The van der Waals surface area contributed by atoms with Gasteiger partial charge >= 0.3 is 0 Å². The minimum atomic E-state index is 0.0246. The van der Waals surface area contributed by atoms with E-state index >= 15 is 0 Å². The van der Waals surface area contributed by atoms with E-state index in [1.54, 1.807) is 49.6 Å². The highest BCUT2D eigenvalue weighted by molar-refractivity contribution is 6.32. The van der Waals surface area contributed by atoms with Crippen molar-refractivity contribution in [2.75, 3.05) is 7.11 Å². The highest BCUT2D eigenvalue weighted by Gasteiger charge is 2.14. The Balaban J connectivity index is 2.43. The molecule has 0 aliphatic heterocycles. The van der Waals surface area contributed by atoms with Crippen LogP contribution in [0.25, 0.3) is 11.6 Å². The van der Waals surface area contributed by atoms with Gasteiger partial charge in [-0.3, -0.25) is 0 Å². The molecule has 5 heteroatoms. The minimum Gasteiger partial charge on any atom is -0.493 e. The quantitative estimate of drug-likeness (QED) is 0.442. The lowest BCUT2D eigenvalue weighted by atomic mass is 10.0. The van der Waals surface area contributed by atoms with Crippen LogP contribution in [-0.2, 0) is 0 Å². The summed E-state index contributed by atoms with van der Waals surface area (Å²) in [6.45, 7) is 4.01. The zero-order chi connectivity index (χ0) is 18.4. The van der Waals surface area contributed by atoms with E-state index in [1.807, 2.05) is 13.8 Å². The van der Waals surface area contributed by atoms with Gasteiger partial charge < -0.3 is 9.47 Å². The molecule has 130 valence electrons. The van der Waals surface area contributed by atoms with Crippen LogP contribution in [0, 0.1) is 11.3 Å². The number of hydrogen-bond acceptors (Lipinski definition) is 3. The zero-order valence-corrected chi connectivity index (χ0v) is 15.9. The molecule has 3 nitrogen and oxygen atoms in total. The summed E-state index contributed by atoms with van der Waals surface area (Å²) in [5.41, 5.74) is 2.04. The molecule has 2 rings (SSSR count). The second-order valence-electron chi connectivity index (χ2n) is 5.55. The Labute approximate surface area is 158 Å². The summed E-state index contributed by atoms with van der Waals surface area (Å²) in [5.74, 6) is 1.05. The molecule has 0 fully saturated rings. The molecule has 25 heavy (non-hydrogen) atoms. The molecule has 0 N–H and O–H groups in total. The molecular formula is C20H19Cl2NO2. The fraction of sp³-hybridized carbons (Fsp3) is 0.250. The van der Waals surface area contributed by atoms with E-state index in [0.717, 1.165) is 17.5 Å². The Morgan fingerprint density at radius 1 is 1.24 bits per heavy atom. The van der Waals surface area contributed by atoms with E-state index in [-0.39, 0.29) is 6.10 Å². The summed E-state index contributed by atoms with van der Waals surface area (Å²) in [6, 6.07) is 12.9. The number of methoxy groups -OCH3 is 1. The normalized spacial score (nSPS) is 12.4. The maximum Gasteiger partial charge on any atom is 0.180 e. The Hall–Kier alpha value is -2.15. The lowest BCUT2D eigenvalue weighted by Crippen LogP contribution is -2.11. The molecule has 0 amide bonds. The second kappa shape index (κ2) is 8.80. The topological polar surface area (TPSA) is 42.2 Å². The van der Waals surface area contributed by atoms with Crippen LogP contribution >= 0.6 is 23.2 Å². The molecule has 2 aromatic carbocycles. The predicted octanol–water partition coefficient (Wildman–Crippen LogP) is 6.24. The van der Waals surface area contributed by atoms with Gasteiger partial charge in [0, 0.05) is 5.02 Å². The summed E-state index contributed by atoms with van der Waals surface area (Å²) in [4.78, 5) is 0. The number of ether oxygens (including phenoxy) is 2. The van der Waals surface area contributed by atoms with Crippen LogP contribution in [0.3, 0.4) is 0 Å². The molecule has 0 radical (unpaired) electrons. The van der Waals surface area contributed by atoms with Gasteiger partial charge in [-0.05, 0) is 54.8 Å². The summed E-state index contributed by atoms with van der Waals surface area (Å²) in [6.07, 6.45) is 2.64. The number of allylic oxidation sites excluding steroid dienone is 1. The highest BCUT2D eigenvalue weighted by Crippen LogP contribution is 2.38. The van der Waals surface area contributed by atoms with Crippen LogP contribution in [-0.4, -0.2) is 13.2 Å². The third-order valence-corrected chi connectivity index (χ3v) is 4.27. The molecule has 0 heterocycles. The minimum absolute atomic E-state index is 0.0246. The maximum atomic E-state index is 9.47. The van der Waals surface area contributed by atoms with Crippen LogP contribution in [0.15, 0.2) is 36.4 Å². The van der Waals surface area contributed by atoms with Gasteiger partial charge in [0.2, 0.25) is 0 Å². The largest absolute Gasteiger partial charge is 0.493 e. The summed E-state index contributed by atoms with van der Waals surface area (Å²) < 4.78 is 11.3. The molecule has 1 atom stereocenters. The Bertz CT molecular complexity index is 808. The van der Waals surface area contributed by atoms with Gasteiger partial charge in [0.1, 0.15) is 0 Å². The van der Waals surface area contributed by atoms with E-state index in [0.29, 0.717) is 27.1 Å². The van der Waals surface area contributed by atoms with Gasteiger partial charge in [0.15, 0.2) is 11.5 Å². The van der Waals surface area contributed by atoms with Gasteiger partial charge in [0.25, 0.3) is 0 Å². The second-order valence-corrected chi connectivity index (χ2v) is 6.39. The molecule has 0 aliphatic rings. The van der Waals surface area contributed by atoms with Crippen LogP contribution in [0.4, 0.5) is 0 Å². The van der Waals surface area contributed by atoms with Crippen LogP contribution in [0.5, 0.6) is 11.5 Å². The van der Waals surface area contributed by atoms with E-state index in [9.17, 15) is 5.26 Å². The summed E-state index contributed by atoms with van der Waals surface area (Å²) in [7, 11) is 1.56. The van der Waals surface area contributed by atoms with Crippen molar-refractivity contribution in [1.82, 2.24) is 0 Å². The number of benzene rings is 2. The van der Waals surface area contributed by atoms with Crippen molar-refractivity contribution in [2.24, 2.45) is 0 Å². The lowest BCUT2D eigenvalue weighted by molar-refractivity contribution is 0.208. The fourth-order valence-corrected chi connectivity index (χ4v) is 2.59. The first kappa shape index (κ1) is 19.2. The molecule has 0 unspecified atom stereocenters. The molecular weight excluding hydrogens is 357 g/mol. The molecule has 0 saturated heterocycles. The van der Waals surface area contributed by atoms with Gasteiger partial charge in [-0.1, -0.05) is 42.3 Å². The fourth-order valence-electron chi connectivity index (χ4n) is 2.20. The van der Waals surface area contributed by atoms with Crippen LogP contribution in [0.2, 0.25) is 10.0 Å². The molecule has 0 aromatic heterocycles. The Kier molecular flexibility index (Phi) is 6.75. The van der Waals surface area contributed by atoms with Gasteiger partial charge in [0.05, 0.1) is 29.9 Å². The van der Waals surface area contributed by atoms with Gasteiger partial charge in [-0.15, -0.1) is 0 Å². The molecule has 0 spiro atoms. The smallest absolute Gasteiger partial charge is 0.180 e. The number of nitrogens with zero attached hydrogens (tertiary/aromatic N) is 1. The third kappa shape index (κ3) is 4.92. The lowest BCUT2D eigenvalue weighted by Gasteiger charge is -2.17. The van der Waals surface area contributed by atoms with Gasteiger partial charge in [-0.2, -0.15) is 5.26 Å².